The summed E-state index contributed by atoms with van der Waals surface area (Å²) in [5.41, 5.74) is 0. The molecule has 0 aliphatic rings. The number of hydrogen-bond donors (Lipinski definition) is 1. The van der Waals surface area contributed by atoms with Crippen LogP contribution in [0.3, 0.4) is 0 Å². The van der Waals surface area contributed by atoms with Crippen molar-refractivity contribution in [1.82, 2.24) is 0 Å². The SMILES string of the molecule is CC/C=C\C/C=C\C/C=C\C/C=C\C/C=C\C/C=C\C/C=C\CCCCCCCCCCCC(=O)OC(COC(=O)CCCCC/C=C\C/C=C\C/C=C\C/C=C\C/C=C\C/C=C\C/C=C\CC)COC(OCC[N+](C)(C)C)C(=O)O. The molecular weight excluding hydrogens is 1010 g/mol. The van der Waals surface area contributed by atoms with Crippen LogP contribution < -0.4 is 0 Å². The number of carboxylic acid groups (broad SMARTS) is 1. The molecule has 0 bridgehead atoms. The molecule has 0 rings (SSSR count). The highest BCUT2D eigenvalue weighted by Crippen LogP contribution is 2.14. The maximum absolute atomic E-state index is 12.9. The van der Waals surface area contributed by atoms with Crippen LogP contribution in [0.25, 0.3) is 0 Å². The van der Waals surface area contributed by atoms with Crippen LogP contribution in [-0.2, 0) is 33.3 Å². The normalized spacial score (nSPS) is 13.9. The Hall–Kier alpha value is -5.35. The lowest BCUT2D eigenvalue weighted by Gasteiger charge is -2.25. The van der Waals surface area contributed by atoms with Gasteiger partial charge in [-0.15, -0.1) is 0 Å². The van der Waals surface area contributed by atoms with Gasteiger partial charge in [-0.05, 0) is 128 Å². The molecular formula is C72H114NO8+. The fourth-order valence-corrected chi connectivity index (χ4v) is 7.74. The second kappa shape index (κ2) is 60.7. The van der Waals surface area contributed by atoms with E-state index in [-0.39, 0.29) is 38.6 Å². The lowest BCUT2D eigenvalue weighted by molar-refractivity contribution is -0.870. The van der Waals surface area contributed by atoms with Gasteiger partial charge >= 0.3 is 17.9 Å². The Morgan fingerprint density at radius 3 is 1.00 bits per heavy atom. The van der Waals surface area contributed by atoms with E-state index < -0.39 is 24.3 Å². The van der Waals surface area contributed by atoms with E-state index in [0.717, 1.165) is 135 Å². The average Bonchev–Trinajstić information content (AvgIpc) is 3.44. The fourth-order valence-electron chi connectivity index (χ4n) is 7.74. The molecule has 0 amide bonds. The molecule has 9 heteroatoms. The molecule has 81 heavy (non-hydrogen) atoms. The third kappa shape index (κ3) is 62.1. The summed E-state index contributed by atoms with van der Waals surface area (Å²) < 4.78 is 22.9. The minimum atomic E-state index is -1.53. The number of nitrogens with zero attached hydrogens (tertiary/aromatic N) is 1. The molecule has 0 aromatic rings. The highest BCUT2D eigenvalue weighted by Gasteiger charge is 2.25. The smallest absolute Gasteiger partial charge is 0.361 e. The van der Waals surface area contributed by atoms with Crippen LogP contribution in [-0.4, -0.2) is 87.4 Å². The lowest BCUT2D eigenvalue weighted by Crippen LogP contribution is -2.40. The van der Waals surface area contributed by atoms with E-state index in [1.165, 1.54) is 32.1 Å². The van der Waals surface area contributed by atoms with Crippen LogP contribution >= 0.6 is 0 Å². The van der Waals surface area contributed by atoms with Crippen LogP contribution in [0.1, 0.15) is 206 Å². The summed E-state index contributed by atoms with van der Waals surface area (Å²) in [6.45, 7) is 4.57. The predicted molar refractivity (Wildman–Crippen MR) is 345 cm³/mol. The number of allylic oxidation sites excluding steroid dienone is 28. The maximum Gasteiger partial charge on any atom is 0.361 e. The molecule has 0 aliphatic carbocycles. The Bertz CT molecular complexity index is 1930. The van der Waals surface area contributed by atoms with Crippen molar-refractivity contribution in [2.45, 2.75) is 219 Å². The van der Waals surface area contributed by atoms with E-state index in [1.54, 1.807) is 0 Å². The number of carboxylic acids is 1. The van der Waals surface area contributed by atoms with Gasteiger partial charge in [0.05, 0.1) is 34.4 Å². The Morgan fingerprint density at radius 2 is 0.667 bits per heavy atom. The van der Waals surface area contributed by atoms with Gasteiger partial charge in [0.2, 0.25) is 0 Å². The van der Waals surface area contributed by atoms with Gasteiger partial charge < -0.3 is 28.5 Å². The maximum atomic E-state index is 12.9. The highest BCUT2D eigenvalue weighted by molar-refractivity contribution is 5.71. The van der Waals surface area contributed by atoms with Gasteiger partial charge in [0.1, 0.15) is 13.2 Å². The number of likely N-dealkylation sites (N-methyl/N-ethyl adjacent to an activating group) is 1. The van der Waals surface area contributed by atoms with E-state index in [4.69, 9.17) is 18.9 Å². The number of aliphatic carboxylic acids is 1. The second-order valence-electron chi connectivity index (χ2n) is 21.2. The number of ether oxygens (including phenoxy) is 4. The molecule has 0 spiro atoms. The van der Waals surface area contributed by atoms with Crippen molar-refractivity contribution < 1.29 is 42.9 Å². The predicted octanol–water partition coefficient (Wildman–Crippen LogP) is 19.1. The van der Waals surface area contributed by atoms with E-state index in [1.807, 2.05) is 21.1 Å². The number of rotatable bonds is 55. The molecule has 0 radical (unpaired) electrons. The van der Waals surface area contributed by atoms with E-state index in [2.05, 4.69) is 184 Å². The summed E-state index contributed by atoms with van der Waals surface area (Å²) >= 11 is 0. The molecule has 0 fully saturated rings. The third-order valence-electron chi connectivity index (χ3n) is 12.5. The van der Waals surface area contributed by atoms with Crippen molar-refractivity contribution in [3.05, 3.63) is 170 Å². The molecule has 0 aromatic heterocycles. The standard InChI is InChI=1S/C72H113NO8/c1-6-8-10-12-14-16-18-20-22-24-26-28-30-32-33-34-35-36-37-39-41-43-45-47-49-51-53-55-57-59-61-63-70(75)81-68(67-80-72(71(76)77)78-65-64-73(3,4)5)66-79-69(74)62-60-58-56-54-52-50-48-46-44-42-40-38-31-29-27-25-23-21-19-17-15-13-11-9-7-2/h8-11,14-17,20-23,26-29,32-33,35-36,38-41,44,46,50,52,68,72H,6-7,12-13,18-19,24-25,30-31,34,37,42-43,45,47-49,51,53-67H2,1-5H3/p+1/b10-8-,11-9-,16-14-,17-15-,22-20-,23-21-,28-26-,29-27-,33-32-,36-35-,40-38-,41-39-,46-44-,52-50-. The van der Waals surface area contributed by atoms with Crippen LogP contribution in [0.15, 0.2) is 170 Å². The summed E-state index contributed by atoms with van der Waals surface area (Å²) in [5, 5.41) is 9.72. The summed E-state index contributed by atoms with van der Waals surface area (Å²) in [6.07, 6.45) is 88.6. The first-order valence-electron chi connectivity index (χ1n) is 31.3. The van der Waals surface area contributed by atoms with Crippen molar-refractivity contribution in [2.75, 3.05) is 47.5 Å². The van der Waals surface area contributed by atoms with Crippen molar-refractivity contribution in [3.8, 4) is 0 Å². The number of unbranched alkanes of at least 4 members (excludes halogenated alkanes) is 12. The zero-order chi connectivity index (χ0) is 59.1. The van der Waals surface area contributed by atoms with E-state index in [9.17, 15) is 19.5 Å². The first-order chi connectivity index (χ1) is 39.6. The van der Waals surface area contributed by atoms with E-state index in [0.29, 0.717) is 23.9 Å². The number of carbonyl (C=O) groups is 3. The van der Waals surface area contributed by atoms with E-state index >= 15 is 0 Å². The second-order valence-corrected chi connectivity index (χ2v) is 21.2. The molecule has 0 heterocycles. The Labute approximate surface area is 495 Å². The average molecular weight is 1120 g/mol. The van der Waals surface area contributed by atoms with Crippen molar-refractivity contribution in [3.63, 3.8) is 0 Å². The first-order valence-corrected chi connectivity index (χ1v) is 31.3. The molecule has 2 atom stereocenters. The van der Waals surface area contributed by atoms with Crippen LogP contribution in [0.2, 0.25) is 0 Å². The van der Waals surface area contributed by atoms with Gasteiger partial charge in [-0.2, -0.15) is 0 Å². The molecule has 2 unspecified atom stereocenters. The molecule has 9 nitrogen and oxygen atoms in total. The molecule has 0 aromatic carbocycles. The Balaban J connectivity index is 4.33. The topological polar surface area (TPSA) is 108 Å². The number of hydrogen-bond acceptors (Lipinski definition) is 7. The zero-order valence-electron chi connectivity index (χ0n) is 51.6. The summed E-state index contributed by atoms with van der Waals surface area (Å²) in [5.74, 6) is -2.08. The summed E-state index contributed by atoms with van der Waals surface area (Å²) in [7, 11) is 5.94. The Morgan fingerprint density at radius 1 is 0.370 bits per heavy atom. The van der Waals surface area contributed by atoms with Crippen molar-refractivity contribution >= 4 is 17.9 Å². The third-order valence-corrected chi connectivity index (χ3v) is 12.5. The van der Waals surface area contributed by atoms with Gasteiger partial charge in [0.25, 0.3) is 6.29 Å². The van der Waals surface area contributed by atoms with Crippen LogP contribution in [0.4, 0.5) is 0 Å². The largest absolute Gasteiger partial charge is 0.477 e. The van der Waals surface area contributed by atoms with Gasteiger partial charge in [0, 0.05) is 12.8 Å². The van der Waals surface area contributed by atoms with Crippen LogP contribution in [0.5, 0.6) is 0 Å². The van der Waals surface area contributed by atoms with Gasteiger partial charge in [-0.25, -0.2) is 4.79 Å². The van der Waals surface area contributed by atoms with Crippen molar-refractivity contribution in [2.24, 2.45) is 0 Å². The van der Waals surface area contributed by atoms with Crippen LogP contribution in [0, 0.1) is 0 Å². The quantitative estimate of drug-likeness (QED) is 0.0211. The van der Waals surface area contributed by atoms with Gasteiger partial charge in [0.15, 0.2) is 6.10 Å². The summed E-state index contributed by atoms with van der Waals surface area (Å²) in [6, 6.07) is 0. The Kier molecular flexibility index (Phi) is 56.7. The molecule has 454 valence electrons. The molecule has 0 aliphatic heterocycles. The minimum absolute atomic E-state index is 0.170. The molecule has 0 saturated carbocycles. The van der Waals surface area contributed by atoms with Gasteiger partial charge in [-0.3, -0.25) is 9.59 Å². The fraction of sp³-hybridized carbons (Fsp3) is 0.569. The monoisotopic (exact) mass is 1120 g/mol. The lowest BCUT2D eigenvalue weighted by atomic mass is 10.1. The number of carbonyl (C=O) groups excluding carboxylic acids is 2. The zero-order valence-corrected chi connectivity index (χ0v) is 51.6. The first kappa shape index (κ1) is 75.7. The summed E-state index contributed by atoms with van der Waals surface area (Å²) in [4.78, 5) is 37.5. The molecule has 0 saturated heterocycles. The highest BCUT2D eigenvalue weighted by atomic mass is 16.7. The minimum Gasteiger partial charge on any atom is -0.477 e. The van der Waals surface area contributed by atoms with Gasteiger partial charge in [-0.1, -0.05) is 235 Å². The number of quaternary nitrogens is 1. The molecule has 1 N–H and O–H groups in total. The van der Waals surface area contributed by atoms with Crippen molar-refractivity contribution in [1.29, 1.82) is 0 Å². The number of esters is 2.